The maximum absolute atomic E-state index is 12.6. The van der Waals surface area contributed by atoms with Crippen molar-refractivity contribution in [2.75, 3.05) is 17.9 Å². The Labute approximate surface area is 162 Å². The number of nitrogens with one attached hydrogen (secondary N) is 1. The van der Waals surface area contributed by atoms with Gasteiger partial charge in [-0.05, 0) is 50.2 Å². The van der Waals surface area contributed by atoms with E-state index in [2.05, 4.69) is 4.72 Å². The molecule has 0 saturated heterocycles. The molecule has 0 spiro atoms. The van der Waals surface area contributed by atoms with Crippen molar-refractivity contribution in [2.45, 2.75) is 18.7 Å². The van der Waals surface area contributed by atoms with Gasteiger partial charge in [-0.1, -0.05) is 17.7 Å². The first kappa shape index (κ1) is 20.7. The number of halogens is 1. The number of sulfonamides is 1. The van der Waals surface area contributed by atoms with Crippen LogP contribution in [0.25, 0.3) is 0 Å². The van der Waals surface area contributed by atoms with Gasteiger partial charge in [-0.3, -0.25) is 4.72 Å². The van der Waals surface area contributed by atoms with Gasteiger partial charge in [-0.15, -0.1) is 0 Å². The SMILES string of the molecule is CCOC(=O)c1cc(NS(=O)(=O)c2cccc(Cl)c2)cc(C(=O)OCC)c1. The van der Waals surface area contributed by atoms with Gasteiger partial charge in [-0.25, -0.2) is 18.0 Å². The van der Waals surface area contributed by atoms with Crippen LogP contribution in [-0.4, -0.2) is 33.6 Å². The van der Waals surface area contributed by atoms with Gasteiger partial charge in [0.15, 0.2) is 0 Å². The molecular weight excluding hydrogens is 394 g/mol. The summed E-state index contributed by atoms with van der Waals surface area (Å²) in [6.45, 7) is 3.53. The molecule has 9 heteroatoms. The minimum absolute atomic E-state index is 0.0172. The minimum Gasteiger partial charge on any atom is -0.462 e. The molecule has 0 amide bonds. The van der Waals surface area contributed by atoms with Crippen molar-refractivity contribution >= 4 is 39.3 Å². The van der Waals surface area contributed by atoms with Crippen molar-refractivity contribution in [1.29, 1.82) is 0 Å². The van der Waals surface area contributed by atoms with Crippen molar-refractivity contribution in [1.82, 2.24) is 0 Å². The molecule has 2 aromatic carbocycles. The number of anilines is 1. The van der Waals surface area contributed by atoms with Crippen molar-refractivity contribution in [3.05, 3.63) is 58.6 Å². The molecule has 2 rings (SSSR count). The highest BCUT2D eigenvalue weighted by Gasteiger charge is 2.19. The number of rotatable bonds is 7. The maximum Gasteiger partial charge on any atom is 0.338 e. The van der Waals surface area contributed by atoms with Gasteiger partial charge in [-0.2, -0.15) is 0 Å². The molecule has 0 aliphatic heterocycles. The number of benzene rings is 2. The molecule has 0 aliphatic rings. The summed E-state index contributed by atoms with van der Waals surface area (Å²) in [6.07, 6.45) is 0. The van der Waals surface area contributed by atoms with E-state index >= 15 is 0 Å². The summed E-state index contributed by atoms with van der Waals surface area (Å²) in [6, 6.07) is 9.54. The van der Waals surface area contributed by atoms with Crippen molar-refractivity contribution in [2.24, 2.45) is 0 Å². The summed E-state index contributed by atoms with van der Waals surface area (Å²) in [5.74, 6) is -1.38. The second-order valence-corrected chi connectivity index (χ2v) is 7.42. The summed E-state index contributed by atoms with van der Waals surface area (Å²) in [7, 11) is -3.98. The maximum atomic E-state index is 12.6. The van der Waals surface area contributed by atoms with Crippen LogP contribution in [0.5, 0.6) is 0 Å². The first-order valence-electron chi connectivity index (χ1n) is 8.04. The third kappa shape index (κ3) is 5.45. The zero-order valence-corrected chi connectivity index (χ0v) is 16.3. The molecule has 0 heterocycles. The fourth-order valence-electron chi connectivity index (χ4n) is 2.20. The van der Waals surface area contributed by atoms with Crippen LogP contribution in [0.15, 0.2) is 47.4 Å². The zero-order valence-electron chi connectivity index (χ0n) is 14.7. The lowest BCUT2D eigenvalue weighted by atomic mass is 10.1. The average Bonchev–Trinajstić information content (AvgIpc) is 2.61. The van der Waals surface area contributed by atoms with Crippen LogP contribution in [0.1, 0.15) is 34.6 Å². The fraction of sp³-hybridized carbons (Fsp3) is 0.222. The molecule has 1 N–H and O–H groups in total. The van der Waals surface area contributed by atoms with E-state index in [0.717, 1.165) is 0 Å². The Hall–Kier alpha value is -2.58. The van der Waals surface area contributed by atoms with E-state index < -0.39 is 22.0 Å². The average molecular weight is 412 g/mol. The van der Waals surface area contributed by atoms with Gasteiger partial charge in [0.25, 0.3) is 10.0 Å². The van der Waals surface area contributed by atoms with Crippen LogP contribution in [-0.2, 0) is 19.5 Å². The largest absolute Gasteiger partial charge is 0.462 e. The second kappa shape index (κ2) is 8.88. The van der Waals surface area contributed by atoms with E-state index in [0.29, 0.717) is 0 Å². The summed E-state index contributed by atoms with van der Waals surface area (Å²) in [5.41, 5.74) is 0.0565. The highest BCUT2D eigenvalue weighted by molar-refractivity contribution is 7.92. The summed E-state index contributed by atoms with van der Waals surface area (Å²) < 4.78 is 37.3. The first-order chi connectivity index (χ1) is 12.8. The van der Waals surface area contributed by atoms with E-state index in [1.165, 1.54) is 36.4 Å². The number of hydrogen-bond acceptors (Lipinski definition) is 6. The van der Waals surface area contributed by atoms with Crippen molar-refractivity contribution < 1.29 is 27.5 Å². The Morgan fingerprint density at radius 3 is 2.00 bits per heavy atom. The molecule has 0 fully saturated rings. The van der Waals surface area contributed by atoms with Gasteiger partial charge < -0.3 is 9.47 Å². The molecule has 2 aromatic rings. The Morgan fingerprint density at radius 1 is 0.963 bits per heavy atom. The predicted molar refractivity (Wildman–Crippen MR) is 101 cm³/mol. The van der Waals surface area contributed by atoms with Crippen LogP contribution in [0.4, 0.5) is 5.69 Å². The van der Waals surface area contributed by atoms with Gasteiger partial charge in [0.1, 0.15) is 0 Å². The van der Waals surface area contributed by atoms with Crippen LogP contribution >= 0.6 is 11.6 Å². The first-order valence-corrected chi connectivity index (χ1v) is 9.90. The monoisotopic (exact) mass is 411 g/mol. The molecule has 0 unspecified atom stereocenters. The van der Waals surface area contributed by atoms with Gasteiger partial charge in [0.05, 0.1) is 34.9 Å². The Kier molecular flexibility index (Phi) is 6.81. The number of carbonyl (C=O) groups is 2. The Morgan fingerprint density at radius 2 is 1.52 bits per heavy atom. The molecule has 7 nitrogen and oxygen atoms in total. The lowest BCUT2D eigenvalue weighted by Gasteiger charge is -2.12. The Balaban J connectivity index is 2.45. The van der Waals surface area contributed by atoms with E-state index in [1.807, 2.05) is 0 Å². The van der Waals surface area contributed by atoms with Gasteiger partial charge in [0, 0.05) is 5.02 Å². The van der Waals surface area contributed by atoms with E-state index in [9.17, 15) is 18.0 Å². The fourth-order valence-corrected chi connectivity index (χ4v) is 3.54. The van der Waals surface area contributed by atoms with E-state index in [4.69, 9.17) is 21.1 Å². The highest BCUT2D eigenvalue weighted by atomic mass is 35.5. The molecule has 0 atom stereocenters. The molecular formula is C18H18ClNO6S. The zero-order chi connectivity index (χ0) is 20.0. The van der Waals surface area contributed by atoms with Crippen LogP contribution in [0, 0.1) is 0 Å². The summed E-state index contributed by atoms with van der Waals surface area (Å²) in [4.78, 5) is 24.0. The van der Waals surface area contributed by atoms with Crippen molar-refractivity contribution in [3.63, 3.8) is 0 Å². The molecule has 0 radical (unpaired) electrons. The minimum atomic E-state index is -3.98. The predicted octanol–water partition coefficient (Wildman–Crippen LogP) is 3.49. The van der Waals surface area contributed by atoms with E-state index in [1.54, 1.807) is 19.9 Å². The molecule has 0 aliphatic carbocycles. The molecule has 0 saturated carbocycles. The van der Waals surface area contributed by atoms with Crippen LogP contribution in [0.2, 0.25) is 5.02 Å². The third-order valence-electron chi connectivity index (χ3n) is 3.31. The van der Waals surface area contributed by atoms with E-state index in [-0.39, 0.29) is 39.9 Å². The quantitative estimate of drug-likeness (QED) is 0.700. The number of hydrogen-bond donors (Lipinski definition) is 1. The van der Waals surface area contributed by atoms with Gasteiger partial charge >= 0.3 is 11.9 Å². The molecule has 0 bridgehead atoms. The third-order valence-corrected chi connectivity index (χ3v) is 4.93. The van der Waals surface area contributed by atoms with Gasteiger partial charge in [0.2, 0.25) is 0 Å². The van der Waals surface area contributed by atoms with Crippen LogP contribution < -0.4 is 4.72 Å². The lowest BCUT2D eigenvalue weighted by Crippen LogP contribution is -2.15. The number of ether oxygens (including phenoxy) is 2. The molecule has 27 heavy (non-hydrogen) atoms. The van der Waals surface area contributed by atoms with Crippen LogP contribution in [0.3, 0.4) is 0 Å². The highest BCUT2D eigenvalue weighted by Crippen LogP contribution is 2.22. The topological polar surface area (TPSA) is 98.8 Å². The number of carbonyl (C=O) groups excluding carboxylic acids is 2. The second-order valence-electron chi connectivity index (χ2n) is 5.30. The molecule has 144 valence electrons. The number of esters is 2. The molecule has 0 aromatic heterocycles. The van der Waals surface area contributed by atoms with Crippen molar-refractivity contribution in [3.8, 4) is 0 Å². The standard InChI is InChI=1S/C18H18ClNO6S/c1-3-25-17(21)12-8-13(18(22)26-4-2)10-15(9-12)20-27(23,24)16-7-5-6-14(19)11-16/h5-11,20H,3-4H2,1-2H3. The Bertz CT molecular complexity index is 922. The lowest BCUT2D eigenvalue weighted by molar-refractivity contribution is 0.0525. The summed E-state index contributed by atoms with van der Waals surface area (Å²) >= 11 is 5.84. The smallest absolute Gasteiger partial charge is 0.338 e. The summed E-state index contributed by atoms with van der Waals surface area (Å²) in [5, 5.41) is 0.255. The normalized spacial score (nSPS) is 10.9.